The second kappa shape index (κ2) is 7.24. The molecule has 148 valence electrons. The largest absolute Gasteiger partial charge is 0.316 e. The molecule has 1 fully saturated rings. The van der Waals surface area contributed by atoms with Crippen LogP contribution in [0.1, 0.15) is 10.7 Å². The number of aromatic nitrogens is 3. The van der Waals surface area contributed by atoms with Crippen LogP contribution in [-0.4, -0.2) is 58.8 Å². The lowest BCUT2D eigenvalue weighted by atomic mass is 10.3. The molecule has 0 radical (unpaired) electrons. The number of sulfonamides is 1. The van der Waals surface area contributed by atoms with E-state index < -0.39 is 21.1 Å². The first-order chi connectivity index (χ1) is 13.3. The molecule has 2 N–H and O–H groups in total. The molecule has 0 saturated carbocycles. The molecule has 1 aliphatic heterocycles. The van der Waals surface area contributed by atoms with Crippen molar-refractivity contribution >= 4 is 32.4 Å². The highest BCUT2D eigenvalue weighted by Crippen LogP contribution is 2.21. The van der Waals surface area contributed by atoms with E-state index in [2.05, 4.69) is 19.9 Å². The average Bonchev–Trinajstić information content (AvgIpc) is 3.07. The van der Waals surface area contributed by atoms with Gasteiger partial charge in [0.1, 0.15) is 0 Å². The zero-order valence-corrected chi connectivity index (χ0v) is 16.8. The maximum absolute atomic E-state index is 13.0. The topological polar surface area (TPSA) is 119 Å². The molecule has 0 spiro atoms. The van der Waals surface area contributed by atoms with Crippen LogP contribution in [0, 0.1) is 6.92 Å². The second-order valence-corrected chi connectivity index (χ2v) is 9.65. The number of benzene rings is 1. The predicted molar refractivity (Wildman–Crippen MR) is 106 cm³/mol. The molecule has 1 saturated heterocycles. The molecule has 4 rings (SSSR count). The van der Waals surface area contributed by atoms with Crippen LogP contribution in [0.5, 0.6) is 0 Å². The Labute approximate surface area is 164 Å². The van der Waals surface area contributed by atoms with Gasteiger partial charge in [-0.1, -0.05) is 0 Å². The molecule has 0 bridgehead atoms. The van der Waals surface area contributed by atoms with Gasteiger partial charge in [0, 0.05) is 38.1 Å². The van der Waals surface area contributed by atoms with E-state index >= 15 is 0 Å². The van der Waals surface area contributed by atoms with Gasteiger partial charge in [-0.15, -0.1) is 11.3 Å². The van der Waals surface area contributed by atoms with Crippen LogP contribution in [0.2, 0.25) is 0 Å². The first kappa shape index (κ1) is 19.0. The summed E-state index contributed by atoms with van der Waals surface area (Å²) >= 11 is 1.61. The minimum atomic E-state index is -3.69. The summed E-state index contributed by atoms with van der Waals surface area (Å²) in [7, 11) is -3.69. The van der Waals surface area contributed by atoms with Gasteiger partial charge in [-0.05, 0) is 25.1 Å². The number of H-pyrrole nitrogens is 2. The first-order valence-corrected chi connectivity index (χ1v) is 11.0. The van der Waals surface area contributed by atoms with E-state index in [0.29, 0.717) is 38.2 Å². The van der Waals surface area contributed by atoms with Crippen LogP contribution in [0.25, 0.3) is 11.0 Å². The summed E-state index contributed by atoms with van der Waals surface area (Å²) in [6.07, 6.45) is 0. The van der Waals surface area contributed by atoms with Crippen molar-refractivity contribution in [2.75, 3.05) is 26.2 Å². The minimum absolute atomic E-state index is 0.0891. The minimum Gasteiger partial charge on any atom is -0.316 e. The zero-order chi connectivity index (χ0) is 19.9. The molecule has 11 heteroatoms. The van der Waals surface area contributed by atoms with Gasteiger partial charge in [0.2, 0.25) is 10.0 Å². The molecular weight excluding hydrogens is 402 g/mol. The third kappa shape index (κ3) is 3.65. The van der Waals surface area contributed by atoms with Crippen LogP contribution in [-0.2, 0) is 16.6 Å². The van der Waals surface area contributed by atoms with E-state index in [1.165, 1.54) is 22.5 Å². The van der Waals surface area contributed by atoms with Crippen molar-refractivity contribution in [1.29, 1.82) is 0 Å². The van der Waals surface area contributed by atoms with Gasteiger partial charge >= 0.3 is 11.1 Å². The van der Waals surface area contributed by atoms with Crippen molar-refractivity contribution in [3.63, 3.8) is 0 Å². The molecule has 2 aromatic heterocycles. The number of fused-ring (bicyclic) bond motifs is 1. The molecule has 1 aromatic carbocycles. The van der Waals surface area contributed by atoms with Crippen LogP contribution >= 0.6 is 11.3 Å². The maximum atomic E-state index is 13.0. The zero-order valence-electron chi connectivity index (χ0n) is 15.1. The summed E-state index contributed by atoms with van der Waals surface area (Å²) in [5.41, 5.74) is 0.0869. The van der Waals surface area contributed by atoms with Crippen LogP contribution in [0.3, 0.4) is 0 Å². The van der Waals surface area contributed by atoms with Crippen molar-refractivity contribution in [3.8, 4) is 0 Å². The van der Waals surface area contributed by atoms with Crippen molar-refractivity contribution in [2.45, 2.75) is 18.4 Å². The highest BCUT2D eigenvalue weighted by atomic mass is 32.2. The highest BCUT2D eigenvalue weighted by molar-refractivity contribution is 7.89. The van der Waals surface area contributed by atoms with E-state index in [1.54, 1.807) is 11.3 Å². The van der Waals surface area contributed by atoms with E-state index in [1.807, 2.05) is 12.3 Å². The smallest absolute Gasteiger partial charge is 0.314 e. The normalized spacial score (nSPS) is 16.6. The molecule has 0 aliphatic carbocycles. The third-order valence-electron chi connectivity index (χ3n) is 4.71. The highest BCUT2D eigenvalue weighted by Gasteiger charge is 2.29. The lowest BCUT2D eigenvalue weighted by molar-refractivity contribution is 0.180. The predicted octanol–water partition coefficient (Wildman–Crippen LogP) is 0.488. The number of thiazole rings is 1. The van der Waals surface area contributed by atoms with E-state index in [4.69, 9.17) is 0 Å². The van der Waals surface area contributed by atoms with Gasteiger partial charge in [-0.3, -0.25) is 14.5 Å². The fraction of sp³-hybridized carbons (Fsp3) is 0.353. The Bertz CT molecular complexity index is 1240. The lowest BCUT2D eigenvalue weighted by Gasteiger charge is -2.33. The van der Waals surface area contributed by atoms with E-state index in [0.717, 1.165) is 10.7 Å². The molecule has 0 amide bonds. The summed E-state index contributed by atoms with van der Waals surface area (Å²) in [5, 5.41) is 3.05. The Morgan fingerprint density at radius 3 is 2.39 bits per heavy atom. The molecule has 9 nitrogen and oxygen atoms in total. The Balaban J connectivity index is 1.51. The van der Waals surface area contributed by atoms with E-state index in [-0.39, 0.29) is 10.4 Å². The maximum Gasteiger partial charge on any atom is 0.314 e. The SMILES string of the molecule is Cc1nc(CN2CCN(S(=O)(=O)c3ccc4[nH]c(=O)c(=O)[nH]c4c3)CC2)cs1. The third-order valence-corrected chi connectivity index (χ3v) is 7.43. The Morgan fingerprint density at radius 2 is 1.75 bits per heavy atom. The Kier molecular flexibility index (Phi) is 4.91. The van der Waals surface area contributed by atoms with Gasteiger partial charge in [0.15, 0.2) is 0 Å². The Morgan fingerprint density at radius 1 is 1.07 bits per heavy atom. The number of hydrogen-bond acceptors (Lipinski definition) is 7. The fourth-order valence-corrected chi connectivity index (χ4v) is 5.29. The number of hydrogen-bond donors (Lipinski definition) is 2. The standard InChI is InChI=1S/C17H19N5O4S2/c1-11-18-12(10-27-11)9-21-4-6-22(7-5-21)28(25,26)13-2-3-14-15(8-13)20-17(24)16(23)19-14/h2-3,8,10H,4-7,9H2,1H3,(H,19,23)(H,20,24). The van der Waals surface area contributed by atoms with Gasteiger partial charge < -0.3 is 9.97 Å². The van der Waals surface area contributed by atoms with E-state index in [9.17, 15) is 18.0 Å². The van der Waals surface area contributed by atoms with Gasteiger partial charge in [0.05, 0.1) is 26.6 Å². The summed E-state index contributed by atoms with van der Waals surface area (Å²) in [4.78, 5) is 34.5. The van der Waals surface area contributed by atoms with Gasteiger partial charge in [-0.2, -0.15) is 4.31 Å². The van der Waals surface area contributed by atoms with Gasteiger partial charge in [-0.25, -0.2) is 13.4 Å². The average molecular weight is 422 g/mol. The van der Waals surface area contributed by atoms with Crippen molar-refractivity contribution in [2.24, 2.45) is 0 Å². The molecule has 28 heavy (non-hydrogen) atoms. The number of nitrogens with one attached hydrogen (secondary N) is 2. The molecule has 1 aliphatic rings. The fourth-order valence-electron chi connectivity index (χ4n) is 3.24. The summed E-state index contributed by atoms with van der Waals surface area (Å²) in [6.45, 7) is 4.67. The molecule has 0 atom stereocenters. The number of aryl methyl sites for hydroxylation is 1. The summed E-state index contributed by atoms with van der Waals surface area (Å²) in [5.74, 6) is 0. The number of piperazine rings is 1. The quantitative estimate of drug-likeness (QED) is 0.592. The van der Waals surface area contributed by atoms with Crippen LogP contribution in [0.4, 0.5) is 0 Å². The molecular formula is C17H19N5O4S2. The summed E-state index contributed by atoms with van der Waals surface area (Å²) < 4.78 is 27.4. The van der Waals surface area contributed by atoms with Crippen molar-refractivity contribution in [1.82, 2.24) is 24.2 Å². The van der Waals surface area contributed by atoms with Crippen molar-refractivity contribution in [3.05, 3.63) is 55.0 Å². The van der Waals surface area contributed by atoms with Crippen LogP contribution in [0.15, 0.2) is 38.1 Å². The van der Waals surface area contributed by atoms with Gasteiger partial charge in [0.25, 0.3) is 0 Å². The molecule has 3 aromatic rings. The Hall–Kier alpha value is -2.34. The summed E-state index contributed by atoms with van der Waals surface area (Å²) in [6, 6.07) is 4.31. The number of nitrogens with zero attached hydrogens (tertiary/aromatic N) is 3. The van der Waals surface area contributed by atoms with Crippen LogP contribution < -0.4 is 11.1 Å². The first-order valence-electron chi connectivity index (χ1n) is 8.73. The monoisotopic (exact) mass is 421 g/mol. The van der Waals surface area contributed by atoms with Crippen molar-refractivity contribution < 1.29 is 8.42 Å². The number of rotatable bonds is 4. The lowest BCUT2D eigenvalue weighted by Crippen LogP contribution is -2.48. The second-order valence-electron chi connectivity index (χ2n) is 6.65. The number of aromatic amines is 2. The molecule has 3 heterocycles. The molecule has 0 unspecified atom stereocenters.